The lowest BCUT2D eigenvalue weighted by Crippen LogP contribution is -2.38. The van der Waals surface area contributed by atoms with Crippen LogP contribution in [0.15, 0.2) is 23.2 Å². The SMILES string of the molecule is CCCCN=C(NCC)NCCc1ccc(C)c(OC)c1.I. The maximum absolute atomic E-state index is 5.36. The van der Waals surface area contributed by atoms with Gasteiger partial charge >= 0.3 is 0 Å². The van der Waals surface area contributed by atoms with Crippen molar-refractivity contribution in [3.8, 4) is 5.75 Å². The molecule has 0 heterocycles. The van der Waals surface area contributed by atoms with Gasteiger partial charge in [0, 0.05) is 19.6 Å². The Morgan fingerprint density at radius 3 is 2.64 bits per heavy atom. The molecule has 0 spiro atoms. The fourth-order valence-corrected chi connectivity index (χ4v) is 2.04. The zero-order chi connectivity index (χ0) is 15.5. The summed E-state index contributed by atoms with van der Waals surface area (Å²) < 4.78 is 5.36. The zero-order valence-electron chi connectivity index (χ0n) is 14.2. The Morgan fingerprint density at radius 2 is 2.00 bits per heavy atom. The summed E-state index contributed by atoms with van der Waals surface area (Å²) in [7, 11) is 1.72. The zero-order valence-corrected chi connectivity index (χ0v) is 16.6. The van der Waals surface area contributed by atoms with Crippen LogP contribution in [0.2, 0.25) is 0 Å². The van der Waals surface area contributed by atoms with E-state index in [1.54, 1.807) is 7.11 Å². The van der Waals surface area contributed by atoms with E-state index in [1.807, 2.05) is 0 Å². The fourth-order valence-electron chi connectivity index (χ4n) is 2.04. The molecule has 0 radical (unpaired) electrons. The molecule has 2 N–H and O–H groups in total. The molecule has 0 aliphatic heterocycles. The van der Waals surface area contributed by atoms with Gasteiger partial charge in [-0.2, -0.15) is 0 Å². The van der Waals surface area contributed by atoms with Crippen LogP contribution in [0.4, 0.5) is 0 Å². The van der Waals surface area contributed by atoms with Crippen molar-refractivity contribution in [2.24, 2.45) is 4.99 Å². The molecular weight excluding hydrogens is 389 g/mol. The third-order valence-corrected chi connectivity index (χ3v) is 3.30. The van der Waals surface area contributed by atoms with Crippen molar-refractivity contribution in [1.29, 1.82) is 0 Å². The quantitative estimate of drug-likeness (QED) is 0.293. The van der Waals surface area contributed by atoms with Crippen LogP contribution in [0.25, 0.3) is 0 Å². The number of nitrogens with zero attached hydrogens (tertiary/aromatic N) is 1. The van der Waals surface area contributed by atoms with Crippen molar-refractivity contribution in [3.63, 3.8) is 0 Å². The van der Waals surface area contributed by atoms with Crippen LogP contribution in [-0.2, 0) is 6.42 Å². The van der Waals surface area contributed by atoms with E-state index in [0.717, 1.165) is 44.2 Å². The number of benzene rings is 1. The van der Waals surface area contributed by atoms with E-state index in [-0.39, 0.29) is 24.0 Å². The van der Waals surface area contributed by atoms with Crippen LogP contribution >= 0.6 is 24.0 Å². The molecule has 0 fully saturated rings. The third kappa shape index (κ3) is 7.87. The number of hydrogen-bond acceptors (Lipinski definition) is 2. The molecule has 0 aliphatic carbocycles. The molecule has 5 heteroatoms. The van der Waals surface area contributed by atoms with E-state index in [4.69, 9.17) is 4.74 Å². The predicted molar refractivity (Wildman–Crippen MR) is 106 cm³/mol. The fraction of sp³-hybridized carbons (Fsp3) is 0.588. The van der Waals surface area contributed by atoms with Gasteiger partial charge in [-0.1, -0.05) is 25.5 Å². The van der Waals surface area contributed by atoms with Crippen LogP contribution < -0.4 is 15.4 Å². The Kier molecular flexibility index (Phi) is 12.0. The average Bonchev–Trinajstić information content (AvgIpc) is 2.49. The van der Waals surface area contributed by atoms with Gasteiger partial charge in [-0.05, 0) is 43.9 Å². The highest BCUT2D eigenvalue weighted by molar-refractivity contribution is 14.0. The molecule has 1 aromatic carbocycles. The van der Waals surface area contributed by atoms with Gasteiger partial charge in [0.2, 0.25) is 0 Å². The molecule has 0 bridgehead atoms. The van der Waals surface area contributed by atoms with Crippen molar-refractivity contribution in [1.82, 2.24) is 10.6 Å². The molecule has 0 aliphatic rings. The lowest BCUT2D eigenvalue weighted by molar-refractivity contribution is 0.411. The Hall–Kier alpha value is -0.980. The Bertz CT molecular complexity index is 450. The number of aliphatic imine (C=N–C) groups is 1. The smallest absolute Gasteiger partial charge is 0.191 e. The first kappa shape index (κ1) is 21.0. The van der Waals surface area contributed by atoms with Crippen molar-refractivity contribution < 1.29 is 4.74 Å². The number of halogens is 1. The van der Waals surface area contributed by atoms with Gasteiger partial charge in [-0.15, -0.1) is 24.0 Å². The van der Waals surface area contributed by atoms with Gasteiger partial charge in [0.25, 0.3) is 0 Å². The third-order valence-electron chi connectivity index (χ3n) is 3.30. The molecule has 0 unspecified atom stereocenters. The summed E-state index contributed by atoms with van der Waals surface area (Å²) in [6.45, 7) is 8.96. The van der Waals surface area contributed by atoms with Crippen LogP contribution in [0.3, 0.4) is 0 Å². The van der Waals surface area contributed by atoms with E-state index in [1.165, 1.54) is 17.5 Å². The number of ether oxygens (including phenoxy) is 1. The van der Waals surface area contributed by atoms with E-state index < -0.39 is 0 Å². The van der Waals surface area contributed by atoms with Gasteiger partial charge < -0.3 is 15.4 Å². The average molecular weight is 419 g/mol. The lowest BCUT2D eigenvalue weighted by Gasteiger charge is -2.12. The predicted octanol–water partition coefficient (Wildman–Crippen LogP) is 3.52. The Morgan fingerprint density at radius 1 is 1.23 bits per heavy atom. The summed E-state index contributed by atoms with van der Waals surface area (Å²) in [6, 6.07) is 6.37. The van der Waals surface area contributed by atoms with Crippen molar-refractivity contribution in [3.05, 3.63) is 29.3 Å². The van der Waals surface area contributed by atoms with Crippen LogP contribution in [0.1, 0.15) is 37.8 Å². The van der Waals surface area contributed by atoms with E-state index in [9.17, 15) is 0 Å². The summed E-state index contributed by atoms with van der Waals surface area (Å²) in [4.78, 5) is 4.55. The minimum absolute atomic E-state index is 0. The molecule has 126 valence electrons. The number of methoxy groups -OCH3 is 1. The number of hydrogen-bond donors (Lipinski definition) is 2. The second kappa shape index (κ2) is 12.6. The molecule has 0 saturated heterocycles. The summed E-state index contributed by atoms with van der Waals surface area (Å²) in [5.74, 6) is 1.86. The lowest BCUT2D eigenvalue weighted by atomic mass is 10.1. The van der Waals surface area contributed by atoms with E-state index >= 15 is 0 Å². The maximum Gasteiger partial charge on any atom is 0.191 e. The highest BCUT2D eigenvalue weighted by atomic mass is 127. The number of aryl methyl sites for hydroxylation is 1. The number of rotatable bonds is 8. The summed E-state index contributed by atoms with van der Waals surface area (Å²) in [5, 5.41) is 6.65. The van der Waals surface area contributed by atoms with Gasteiger partial charge in [0.15, 0.2) is 5.96 Å². The highest BCUT2D eigenvalue weighted by Gasteiger charge is 2.01. The highest BCUT2D eigenvalue weighted by Crippen LogP contribution is 2.18. The second-order valence-corrected chi connectivity index (χ2v) is 5.09. The minimum Gasteiger partial charge on any atom is -0.496 e. The van der Waals surface area contributed by atoms with Crippen LogP contribution in [-0.4, -0.2) is 32.7 Å². The monoisotopic (exact) mass is 419 g/mol. The molecule has 0 amide bonds. The van der Waals surface area contributed by atoms with E-state index in [0.29, 0.717) is 0 Å². The first-order valence-corrected chi connectivity index (χ1v) is 7.87. The molecule has 4 nitrogen and oxygen atoms in total. The normalized spacial score (nSPS) is 10.8. The number of nitrogens with one attached hydrogen (secondary N) is 2. The van der Waals surface area contributed by atoms with E-state index in [2.05, 4.69) is 54.6 Å². The second-order valence-electron chi connectivity index (χ2n) is 5.09. The van der Waals surface area contributed by atoms with Gasteiger partial charge in [0.1, 0.15) is 5.75 Å². The largest absolute Gasteiger partial charge is 0.496 e. The summed E-state index contributed by atoms with van der Waals surface area (Å²) in [6.07, 6.45) is 3.26. The molecule has 0 aromatic heterocycles. The molecule has 1 aromatic rings. The maximum atomic E-state index is 5.36. The van der Waals surface area contributed by atoms with Gasteiger partial charge in [0.05, 0.1) is 7.11 Å². The summed E-state index contributed by atoms with van der Waals surface area (Å²) in [5.41, 5.74) is 2.44. The molecular formula is C17H30IN3O. The molecule has 1 rings (SSSR count). The van der Waals surface area contributed by atoms with Crippen molar-refractivity contribution in [2.45, 2.75) is 40.0 Å². The number of guanidine groups is 1. The Balaban J connectivity index is 0.00000441. The van der Waals surface area contributed by atoms with Crippen molar-refractivity contribution >= 4 is 29.9 Å². The first-order valence-electron chi connectivity index (χ1n) is 7.87. The summed E-state index contributed by atoms with van der Waals surface area (Å²) >= 11 is 0. The first-order chi connectivity index (χ1) is 10.2. The molecule has 22 heavy (non-hydrogen) atoms. The van der Waals surface area contributed by atoms with Gasteiger partial charge in [-0.25, -0.2) is 0 Å². The molecule has 0 atom stereocenters. The standard InChI is InChI=1S/C17H29N3O.HI/c1-5-7-11-19-17(18-6-2)20-12-10-15-9-8-14(3)16(13-15)21-4;/h8-9,13H,5-7,10-12H2,1-4H3,(H2,18,19,20);1H. The van der Waals surface area contributed by atoms with Crippen molar-refractivity contribution in [2.75, 3.05) is 26.7 Å². The minimum atomic E-state index is 0. The van der Waals surface area contributed by atoms with Gasteiger partial charge in [-0.3, -0.25) is 4.99 Å². The van der Waals surface area contributed by atoms with Crippen LogP contribution in [0.5, 0.6) is 5.75 Å². The Labute approximate surface area is 152 Å². The topological polar surface area (TPSA) is 45.7 Å². The number of unbranched alkanes of at least 4 members (excludes halogenated alkanes) is 1. The van der Waals surface area contributed by atoms with Crippen LogP contribution in [0, 0.1) is 6.92 Å². The molecule has 0 saturated carbocycles.